The largest absolute Gasteiger partial charge is 0.497 e. The van der Waals surface area contributed by atoms with Crippen LogP contribution in [0.25, 0.3) is 0 Å². The van der Waals surface area contributed by atoms with E-state index in [-0.39, 0.29) is 16.1 Å². The second kappa shape index (κ2) is 6.44. The van der Waals surface area contributed by atoms with Crippen molar-refractivity contribution in [1.29, 1.82) is 0 Å². The molecule has 0 aliphatic carbocycles. The van der Waals surface area contributed by atoms with Gasteiger partial charge < -0.3 is 4.74 Å². The maximum Gasteiger partial charge on any atom is 0.269 e. The van der Waals surface area contributed by atoms with Gasteiger partial charge in [0.15, 0.2) is 0 Å². The van der Waals surface area contributed by atoms with E-state index in [9.17, 15) is 23.3 Å². The van der Waals surface area contributed by atoms with E-state index in [1.165, 1.54) is 31.4 Å². The van der Waals surface area contributed by atoms with E-state index in [0.717, 1.165) is 24.3 Å². The summed E-state index contributed by atoms with van der Waals surface area (Å²) in [6.07, 6.45) is 0. The number of rotatable bonds is 5. The normalized spacial score (nSPS) is 10.8. The summed E-state index contributed by atoms with van der Waals surface area (Å²) in [5, 5.41) is 10.6. The highest BCUT2D eigenvalue weighted by atomic mass is 32.2. The highest BCUT2D eigenvalue weighted by Crippen LogP contribution is 2.16. The number of hydrogen-bond donors (Lipinski definition) is 1. The van der Waals surface area contributed by atoms with Gasteiger partial charge in [0.25, 0.3) is 21.6 Å². The standard InChI is InChI=1S/C14H12N2O6S/c1-22-12-6-2-10(3-7-12)14(17)15-23(20,21)13-8-4-11(5-9-13)16(18)19/h2-9H,1H3,(H,15,17). The Morgan fingerprint density at radius 3 is 2.13 bits per heavy atom. The van der Waals surface area contributed by atoms with Crippen molar-refractivity contribution < 1.29 is 22.9 Å². The zero-order chi connectivity index (χ0) is 17.0. The first-order valence-corrected chi connectivity index (χ1v) is 7.77. The molecular formula is C14H12N2O6S. The second-order valence-corrected chi connectivity index (χ2v) is 6.10. The van der Waals surface area contributed by atoms with Crippen molar-refractivity contribution in [1.82, 2.24) is 4.72 Å². The summed E-state index contributed by atoms with van der Waals surface area (Å²) >= 11 is 0. The third-order valence-electron chi connectivity index (χ3n) is 2.94. The SMILES string of the molecule is COc1ccc(C(=O)NS(=O)(=O)c2ccc([N+](=O)[O-])cc2)cc1. The molecule has 2 aromatic carbocycles. The Morgan fingerprint density at radius 1 is 1.09 bits per heavy atom. The molecule has 0 aliphatic rings. The van der Waals surface area contributed by atoms with Crippen LogP contribution in [-0.2, 0) is 10.0 Å². The molecular weight excluding hydrogens is 324 g/mol. The number of nitro groups is 1. The van der Waals surface area contributed by atoms with E-state index in [0.29, 0.717) is 5.75 Å². The van der Waals surface area contributed by atoms with E-state index >= 15 is 0 Å². The third kappa shape index (κ3) is 3.83. The number of non-ortho nitro benzene ring substituents is 1. The Hall–Kier alpha value is -2.94. The molecule has 0 spiro atoms. The molecule has 0 heterocycles. The number of hydrogen-bond acceptors (Lipinski definition) is 6. The molecule has 0 radical (unpaired) electrons. The lowest BCUT2D eigenvalue weighted by Crippen LogP contribution is -2.30. The Morgan fingerprint density at radius 2 is 1.65 bits per heavy atom. The molecule has 0 saturated carbocycles. The number of carbonyl (C=O) groups excluding carboxylic acids is 1. The lowest BCUT2D eigenvalue weighted by molar-refractivity contribution is -0.384. The molecule has 0 aliphatic heterocycles. The predicted molar refractivity (Wildman–Crippen MR) is 80.7 cm³/mol. The number of nitrogens with zero attached hydrogens (tertiary/aromatic N) is 1. The van der Waals surface area contributed by atoms with Crippen LogP contribution >= 0.6 is 0 Å². The van der Waals surface area contributed by atoms with E-state index < -0.39 is 20.9 Å². The molecule has 1 N–H and O–H groups in total. The van der Waals surface area contributed by atoms with Gasteiger partial charge in [0, 0.05) is 17.7 Å². The van der Waals surface area contributed by atoms with E-state index in [1.54, 1.807) is 0 Å². The van der Waals surface area contributed by atoms with E-state index in [1.807, 2.05) is 4.72 Å². The van der Waals surface area contributed by atoms with Gasteiger partial charge in [-0.1, -0.05) is 0 Å². The van der Waals surface area contributed by atoms with Crippen LogP contribution in [0.2, 0.25) is 0 Å². The Kier molecular flexibility index (Phi) is 4.60. The number of nitro benzene ring substituents is 1. The maximum atomic E-state index is 12.1. The zero-order valence-electron chi connectivity index (χ0n) is 11.9. The van der Waals surface area contributed by atoms with Crippen LogP contribution in [0.1, 0.15) is 10.4 Å². The molecule has 8 nitrogen and oxygen atoms in total. The summed E-state index contributed by atoms with van der Waals surface area (Å²) in [6, 6.07) is 10.1. The van der Waals surface area contributed by atoms with E-state index in [4.69, 9.17) is 4.74 Å². The minimum Gasteiger partial charge on any atom is -0.497 e. The third-order valence-corrected chi connectivity index (χ3v) is 4.28. The average Bonchev–Trinajstić information content (AvgIpc) is 2.54. The van der Waals surface area contributed by atoms with Crippen molar-refractivity contribution >= 4 is 21.6 Å². The molecule has 0 atom stereocenters. The summed E-state index contributed by atoms with van der Waals surface area (Å²) in [5.74, 6) is -0.286. The smallest absolute Gasteiger partial charge is 0.269 e. The van der Waals surface area contributed by atoms with Crippen LogP contribution in [0.4, 0.5) is 5.69 Å². The first-order chi connectivity index (χ1) is 10.8. The van der Waals surface area contributed by atoms with Crippen LogP contribution in [0, 0.1) is 10.1 Å². The van der Waals surface area contributed by atoms with Crippen molar-refractivity contribution in [3.63, 3.8) is 0 Å². The van der Waals surface area contributed by atoms with Gasteiger partial charge >= 0.3 is 0 Å². The van der Waals surface area contributed by atoms with Gasteiger partial charge in [-0.2, -0.15) is 0 Å². The molecule has 9 heteroatoms. The van der Waals surface area contributed by atoms with Crippen molar-refractivity contribution in [2.75, 3.05) is 7.11 Å². The fraction of sp³-hybridized carbons (Fsp3) is 0.0714. The van der Waals surface area contributed by atoms with Crippen molar-refractivity contribution in [3.8, 4) is 5.75 Å². The van der Waals surface area contributed by atoms with Gasteiger partial charge in [0.05, 0.1) is 16.9 Å². The van der Waals surface area contributed by atoms with E-state index in [2.05, 4.69) is 0 Å². The molecule has 1 amide bonds. The molecule has 120 valence electrons. The first kappa shape index (κ1) is 16.4. The van der Waals surface area contributed by atoms with Crippen molar-refractivity contribution in [3.05, 3.63) is 64.2 Å². The summed E-state index contributed by atoms with van der Waals surface area (Å²) in [5.41, 5.74) is -0.110. The fourth-order valence-electron chi connectivity index (χ4n) is 1.73. The van der Waals surface area contributed by atoms with Gasteiger partial charge in [-0.05, 0) is 36.4 Å². The maximum absolute atomic E-state index is 12.1. The quantitative estimate of drug-likeness (QED) is 0.656. The number of carbonyl (C=O) groups is 1. The first-order valence-electron chi connectivity index (χ1n) is 6.29. The van der Waals surface area contributed by atoms with Crippen molar-refractivity contribution in [2.24, 2.45) is 0 Å². The number of nitrogens with one attached hydrogen (secondary N) is 1. The molecule has 0 bridgehead atoms. The highest BCUT2D eigenvalue weighted by molar-refractivity contribution is 7.90. The summed E-state index contributed by atoms with van der Waals surface area (Å²) in [6.45, 7) is 0. The lowest BCUT2D eigenvalue weighted by atomic mass is 10.2. The van der Waals surface area contributed by atoms with Gasteiger partial charge in [-0.3, -0.25) is 14.9 Å². The lowest BCUT2D eigenvalue weighted by Gasteiger charge is -2.07. The van der Waals surface area contributed by atoms with Gasteiger partial charge in [0.1, 0.15) is 5.75 Å². The van der Waals surface area contributed by atoms with Gasteiger partial charge in [0.2, 0.25) is 0 Å². The number of sulfonamides is 1. The molecule has 2 rings (SSSR count). The molecule has 2 aromatic rings. The highest BCUT2D eigenvalue weighted by Gasteiger charge is 2.19. The van der Waals surface area contributed by atoms with Crippen LogP contribution in [0.3, 0.4) is 0 Å². The minimum atomic E-state index is -4.12. The van der Waals surface area contributed by atoms with Crippen LogP contribution in [0.5, 0.6) is 5.75 Å². The molecule has 23 heavy (non-hydrogen) atoms. The topological polar surface area (TPSA) is 116 Å². The Balaban J connectivity index is 2.19. The number of amides is 1. The van der Waals surface area contributed by atoms with Gasteiger partial charge in [-0.25, -0.2) is 13.1 Å². The number of methoxy groups -OCH3 is 1. The summed E-state index contributed by atoms with van der Waals surface area (Å²) in [4.78, 5) is 21.6. The molecule has 0 aromatic heterocycles. The van der Waals surface area contributed by atoms with Crippen LogP contribution in [-0.4, -0.2) is 26.4 Å². The predicted octanol–water partition coefficient (Wildman–Crippen LogP) is 1.72. The average molecular weight is 336 g/mol. The second-order valence-electron chi connectivity index (χ2n) is 4.41. The number of ether oxygens (including phenoxy) is 1. The Bertz CT molecular complexity index is 829. The van der Waals surface area contributed by atoms with Gasteiger partial charge in [-0.15, -0.1) is 0 Å². The fourth-order valence-corrected chi connectivity index (χ4v) is 2.70. The van der Waals surface area contributed by atoms with Crippen LogP contribution < -0.4 is 9.46 Å². The molecule has 0 unspecified atom stereocenters. The summed E-state index contributed by atoms with van der Waals surface area (Å²) in [7, 11) is -2.65. The minimum absolute atomic E-state index is 0.135. The summed E-state index contributed by atoms with van der Waals surface area (Å²) < 4.78 is 31.0. The monoisotopic (exact) mass is 336 g/mol. The number of benzene rings is 2. The molecule has 0 saturated heterocycles. The molecule has 0 fully saturated rings. The van der Waals surface area contributed by atoms with Crippen LogP contribution in [0.15, 0.2) is 53.4 Å². The Labute approximate surface area is 131 Å². The zero-order valence-corrected chi connectivity index (χ0v) is 12.7. The van der Waals surface area contributed by atoms with Crippen molar-refractivity contribution in [2.45, 2.75) is 4.90 Å².